The lowest BCUT2D eigenvalue weighted by Gasteiger charge is -2.19. The zero-order valence-electron chi connectivity index (χ0n) is 37.1. The van der Waals surface area contributed by atoms with Crippen LogP contribution in [-0.4, -0.2) is 59.8 Å². The second kappa shape index (κ2) is 13.0. The number of hydrogen-bond donors (Lipinski definition) is 2. The molecule has 6 aromatic heterocycles. The summed E-state index contributed by atoms with van der Waals surface area (Å²) in [6, 6.07) is 27.3. The third-order valence-electron chi connectivity index (χ3n) is 12.6. The van der Waals surface area contributed by atoms with Crippen molar-refractivity contribution in [2.24, 2.45) is 0 Å². The highest BCUT2D eigenvalue weighted by molar-refractivity contribution is 6.22. The molecule has 0 fully saturated rings. The van der Waals surface area contributed by atoms with E-state index < -0.39 is 0 Å². The molecule has 8 heterocycles. The number of pyridine rings is 2. The fourth-order valence-electron chi connectivity index (χ4n) is 8.93. The molecule has 312 valence electrons. The quantitative estimate of drug-likeness (QED) is 0.141. The number of aromatic nitrogens is 12. The zero-order chi connectivity index (χ0) is 44.0. The van der Waals surface area contributed by atoms with E-state index >= 15 is 0 Å². The van der Waals surface area contributed by atoms with Gasteiger partial charge in [0.15, 0.2) is 34.6 Å². The molecule has 12 heteroatoms. The average Bonchev–Trinajstić information content (AvgIpc) is 3.99. The van der Waals surface area contributed by atoms with Gasteiger partial charge < -0.3 is 9.97 Å². The largest absolute Gasteiger partial charge is 0.324 e. The van der Waals surface area contributed by atoms with Crippen molar-refractivity contribution in [1.82, 2.24) is 59.8 Å². The van der Waals surface area contributed by atoms with Crippen LogP contribution in [0.5, 0.6) is 0 Å². The summed E-state index contributed by atoms with van der Waals surface area (Å²) in [6.45, 7) is 19.9. The second-order valence-electron chi connectivity index (χ2n) is 20.1. The summed E-state index contributed by atoms with van der Waals surface area (Å²) in [5.41, 5.74) is 12.8. The van der Waals surface area contributed by atoms with Gasteiger partial charge in [0.2, 0.25) is 0 Å². The van der Waals surface area contributed by atoms with E-state index in [1.165, 1.54) is 5.56 Å². The molecular formula is C52H44N12. The van der Waals surface area contributed by atoms with Crippen molar-refractivity contribution in [2.75, 3.05) is 0 Å². The van der Waals surface area contributed by atoms with Crippen molar-refractivity contribution in [2.45, 2.75) is 78.6 Å². The smallest absolute Gasteiger partial charge is 0.164 e. The van der Waals surface area contributed by atoms with Gasteiger partial charge in [0.1, 0.15) is 22.3 Å². The van der Waals surface area contributed by atoms with E-state index in [0.717, 1.165) is 66.0 Å². The van der Waals surface area contributed by atoms with Crippen molar-refractivity contribution in [3.05, 3.63) is 108 Å². The van der Waals surface area contributed by atoms with Gasteiger partial charge in [-0.1, -0.05) is 98.7 Å². The van der Waals surface area contributed by atoms with Gasteiger partial charge in [0.05, 0.1) is 22.1 Å². The van der Waals surface area contributed by atoms with Gasteiger partial charge in [0.25, 0.3) is 0 Å². The lowest BCUT2D eigenvalue weighted by atomic mass is 9.85. The third-order valence-corrected chi connectivity index (χ3v) is 12.6. The van der Waals surface area contributed by atoms with E-state index in [-0.39, 0.29) is 16.2 Å². The monoisotopic (exact) mass is 836 g/mol. The first kappa shape index (κ1) is 38.1. The maximum Gasteiger partial charge on any atom is 0.164 e. The number of nitrogens with zero attached hydrogens (tertiary/aromatic N) is 10. The molecule has 12 rings (SSSR count). The van der Waals surface area contributed by atoms with Crippen molar-refractivity contribution >= 4 is 77.2 Å². The first-order chi connectivity index (χ1) is 30.6. The number of fused-ring (bicyclic) bond motifs is 26. The highest BCUT2D eigenvalue weighted by Gasteiger charge is 2.27. The zero-order valence-corrected chi connectivity index (χ0v) is 37.1. The standard InChI is InChI=1S/C52H44N12/c1-50(2,3)25-14-17-28-33(22-25)45-57-42(28)58-46-34-23-26(51(4,5)6)16-19-30(34)44(61-46)62-48-40-41(56-39-32-13-11-21-54-37(32)36-31(38(39)55-40)12-10-20-53-36)49(64-48)63-47-35-24-27(52(7,8)9)15-18-29(35)43(59-45)60-47/h10-24H,1-9H3,(H2,57,58,59,60,61,62,63,64). The summed E-state index contributed by atoms with van der Waals surface area (Å²) in [7, 11) is 0. The predicted molar refractivity (Wildman–Crippen MR) is 256 cm³/mol. The SMILES string of the molecule is CC(C)(C)c1ccc2c(c1)-c1nc-2nc2[nH]c(nc3nc(nc4[nH]c(n1)c1ccc(C(C)(C)C)cc41)-c1ccc(C(C)(C)C)cc1-3)c1nc3c4cccnc4c4ncccc4c3nc21. The summed E-state index contributed by atoms with van der Waals surface area (Å²) in [5, 5.41) is 3.55. The molecule has 0 radical (unpaired) electrons. The van der Waals surface area contributed by atoms with E-state index in [1.54, 1.807) is 12.4 Å². The minimum atomic E-state index is -0.130. The molecule has 2 aliphatic rings. The molecule has 0 spiro atoms. The fraction of sp³-hybridized carbons (Fsp3) is 0.231. The van der Waals surface area contributed by atoms with Gasteiger partial charge in [-0.15, -0.1) is 0 Å². The van der Waals surface area contributed by atoms with Crippen molar-refractivity contribution in [3.8, 4) is 45.6 Å². The van der Waals surface area contributed by atoms with Crippen LogP contribution in [0.15, 0.2) is 91.3 Å². The minimum Gasteiger partial charge on any atom is -0.324 e. The Kier molecular flexibility index (Phi) is 7.73. The maximum absolute atomic E-state index is 5.39. The maximum atomic E-state index is 5.39. The Labute approximate surface area is 367 Å². The van der Waals surface area contributed by atoms with Crippen LogP contribution in [0.25, 0.3) is 123 Å². The van der Waals surface area contributed by atoms with Crippen LogP contribution in [0.2, 0.25) is 0 Å². The normalized spacial score (nSPS) is 13.1. The molecule has 2 N–H and O–H groups in total. The first-order valence-corrected chi connectivity index (χ1v) is 21.7. The van der Waals surface area contributed by atoms with E-state index in [4.69, 9.17) is 49.8 Å². The van der Waals surface area contributed by atoms with Gasteiger partial charge in [-0.3, -0.25) is 9.97 Å². The van der Waals surface area contributed by atoms with Gasteiger partial charge in [-0.25, -0.2) is 39.9 Å². The molecule has 12 nitrogen and oxygen atoms in total. The Bertz CT molecular complexity index is 3860. The van der Waals surface area contributed by atoms with E-state index in [0.29, 0.717) is 68.0 Å². The Morgan fingerprint density at radius 2 is 0.734 bits per heavy atom. The lowest BCUT2D eigenvalue weighted by Crippen LogP contribution is -2.10. The molecule has 8 bridgehead atoms. The summed E-state index contributed by atoms with van der Waals surface area (Å²) in [6.07, 6.45) is 3.56. The molecule has 0 amide bonds. The van der Waals surface area contributed by atoms with Crippen molar-refractivity contribution in [1.29, 1.82) is 0 Å². The second-order valence-corrected chi connectivity index (χ2v) is 20.1. The molecule has 2 aliphatic heterocycles. The average molecular weight is 837 g/mol. The Morgan fingerprint density at radius 3 is 1.22 bits per heavy atom. The summed E-state index contributed by atoms with van der Waals surface area (Å²) in [4.78, 5) is 59.2. The van der Waals surface area contributed by atoms with Crippen LogP contribution in [0, 0.1) is 0 Å². The highest BCUT2D eigenvalue weighted by Crippen LogP contribution is 2.41. The van der Waals surface area contributed by atoms with Crippen LogP contribution in [0.4, 0.5) is 0 Å². The number of aromatic amines is 2. The molecule has 0 aliphatic carbocycles. The molecule has 0 unspecified atom stereocenters. The van der Waals surface area contributed by atoms with Crippen LogP contribution < -0.4 is 0 Å². The molecule has 64 heavy (non-hydrogen) atoms. The topological polar surface area (TPSA) is 160 Å². The molecule has 0 saturated heterocycles. The Hall–Kier alpha value is -7.60. The molecular weight excluding hydrogens is 793 g/mol. The third kappa shape index (κ3) is 5.81. The van der Waals surface area contributed by atoms with Crippen molar-refractivity contribution in [3.63, 3.8) is 0 Å². The van der Waals surface area contributed by atoms with Crippen LogP contribution >= 0.6 is 0 Å². The number of rotatable bonds is 0. The lowest BCUT2D eigenvalue weighted by molar-refractivity contribution is 0.590. The number of hydrogen-bond acceptors (Lipinski definition) is 10. The number of nitrogens with one attached hydrogen (secondary N) is 2. The van der Waals surface area contributed by atoms with Gasteiger partial charge in [-0.05, 0) is 75.4 Å². The summed E-state index contributed by atoms with van der Waals surface area (Å²) < 4.78 is 0. The van der Waals surface area contributed by atoms with Crippen molar-refractivity contribution < 1.29 is 0 Å². The Balaban J connectivity index is 1.28. The molecule has 4 aromatic carbocycles. The number of H-pyrrole nitrogens is 2. The van der Waals surface area contributed by atoms with Gasteiger partial charge >= 0.3 is 0 Å². The number of benzene rings is 4. The first-order valence-electron chi connectivity index (χ1n) is 21.7. The van der Waals surface area contributed by atoms with Crippen LogP contribution in [-0.2, 0) is 16.2 Å². The predicted octanol–water partition coefficient (Wildman–Crippen LogP) is 11.8. The molecule has 10 aromatic rings. The van der Waals surface area contributed by atoms with Crippen LogP contribution in [0.1, 0.15) is 79.0 Å². The van der Waals surface area contributed by atoms with Gasteiger partial charge in [-0.2, -0.15) is 0 Å². The minimum absolute atomic E-state index is 0.0996. The van der Waals surface area contributed by atoms with Gasteiger partial charge in [0, 0.05) is 56.2 Å². The molecule has 0 saturated carbocycles. The van der Waals surface area contributed by atoms with Crippen LogP contribution in [0.3, 0.4) is 0 Å². The fourth-order valence-corrected chi connectivity index (χ4v) is 8.93. The highest BCUT2D eigenvalue weighted by atomic mass is 15.1. The van der Waals surface area contributed by atoms with E-state index in [1.807, 2.05) is 24.3 Å². The van der Waals surface area contributed by atoms with E-state index in [2.05, 4.69) is 127 Å². The Morgan fingerprint density at radius 1 is 0.328 bits per heavy atom. The molecule has 0 atom stereocenters. The summed E-state index contributed by atoms with van der Waals surface area (Å²) in [5.74, 6) is 2.09. The summed E-state index contributed by atoms with van der Waals surface area (Å²) >= 11 is 0. The van der Waals surface area contributed by atoms with E-state index in [9.17, 15) is 0 Å².